The summed E-state index contributed by atoms with van der Waals surface area (Å²) < 4.78 is 16.2. The Morgan fingerprint density at radius 1 is 1.22 bits per heavy atom. The van der Waals surface area contributed by atoms with Crippen molar-refractivity contribution in [1.82, 2.24) is 10.3 Å². The zero-order valence-corrected chi connectivity index (χ0v) is 18.9. The van der Waals surface area contributed by atoms with Crippen molar-refractivity contribution in [1.29, 1.82) is 0 Å². The third kappa shape index (κ3) is 6.93. The molecule has 2 rings (SSSR count). The van der Waals surface area contributed by atoms with Gasteiger partial charge in [0.2, 0.25) is 5.89 Å². The largest absolute Gasteiger partial charge is 0.493 e. The molecule has 8 heteroatoms. The lowest BCUT2D eigenvalue weighted by molar-refractivity contribution is 0.354. The second-order valence-corrected chi connectivity index (χ2v) is 6.94. The van der Waals surface area contributed by atoms with Crippen LogP contribution in [-0.2, 0) is 18.4 Å². The quantitative estimate of drug-likeness (QED) is 0.353. The minimum atomic E-state index is -0.0712. The van der Waals surface area contributed by atoms with Crippen LogP contribution < -0.4 is 20.5 Å². The number of aromatic nitrogens is 1. The minimum absolute atomic E-state index is 0. The monoisotopic (exact) mass is 488 g/mol. The highest BCUT2D eigenvalue weighted by molar-refractivity contribution is 14.0. The lowest BCUT2D eigenvalue weighted by Crippen LogP contribution is -2.33. The molecule has 0 aliphatic heterocycles. The SMILES string of the molecule is COc1ccc(CCNC(N)=NCc2ncc(C(C)(C)C)o2)cc1OC.I. The summed E-state index contributed by atoms with van der Waals surface area (Å²) in [5.41, 5.74) is 6.95. The molecule has 1 heterocycles. The highest BCUT2D eigenvalue weighted by Crippen LogP contribution is 2.27. The van der Waals surface area contributed by atoms with Crippen LogP contribution in [0, 0.1) is 0 Å². The normalized spacial score (nSPS) is 11.7. The molecule has 150 valence electrons. The first-order valence-corrected chi connectivity index (χ1v) is 8.53. The van der Waals surface area contributed by atoms with Crippen molar-refractivity contribution in [2.45, 2.75) is 39.2 Å². The Kier molecular flexibility index (Phi) is 8.87. The summed E-state index contributed by atoms with van der Waals surface area (Å²) in [6.45, 7) is 7.19. The van der Waals surface area contributed by atoms with Crippen LogP contribution >= 0.6 is 24.0 Å². The van der Waals surface area contributed by atoms with Gasteiger partial charge in [-0.15, -0.1) is 24.0 Å². The van der Waals surface area contributed by atoms with Gasteiger partial charge in [0.15, 0.2) is 17.5 Å². The van der Waals surface area contributed by atoms with E-state index in [-0.39, 0.29) is 29.4 Å². The second kappa shape index (κ2) is 10.4. The van der Waals surface area contributed by atoms with Gasteiger partial charge >= 0.3 is 0 Å². The summed E-state index contributed by atoms with van der Waals surface area (Å²) >= 11 is 0. The molecule has 0 aliphatic rings. The Bertz CT molecular complexity index is 754. The number of benzene rings is 1. The standard InChI is InChI=1S/C19H28N4O3.HI/c1-19(2,3)16-11-22-17(26-16)12-23-18(20)21-9-8-13-6-7-14(24-4)15(10-13)25-5;/h6-7,10-11H,8-9,12H2,1-5H3,(H3,20,21,23);1H. The molecule has 0 unspecified atom stereocenters. The zero-order valence-electron chi connectivity index (χ0n) is 16.5. The Morgan fingerprint density at radius 3 is 2.52 bits per heavy atom. The van der Waals surface area contributed by atoms with E-state index in [1.807, 2.05) is 18.2 Å². The van der Waals surface area contributed by atoms with E-state index in [4.69, 9.17) is 19.6 Å². The van der Waals surface area contributed by atoms with Crippen LogP contribution in [0.1, 0.15) is 38.0 Å². The summed E-state index contributed by atoms with van der Waals surface area (Å²) in [7, 11) is 3.24. The Labute approximate surface area is 177 Å². The summed E-state index contributed by atoms with van der Waals surface area (Å²) in [4.78, 5) is 8.50. The molecule has 0 atom stereocenters. The van der Waals surface area contributed by atoms with Gasteiger partial charge in [-0.05, 0) is 24.1 Å². The van der Waals surface area contributed by atoms with Crippen molar-refractivity contribution in [2.75, 3.05) is 20.8 Å². The van der Waals surface area contributed by atoms with Gasteiger partial charge in [-0.3, -0.25) is 0 Å². The third-order valence-corrected chi connectivity index (χ3v) is 3.85. The highest BCUT2D eigenvalue weighted by atomic mass is 127. The number of guanidine groups is 1. The average Bonchev–Trinajstić information content (AvgIpc) is 3.09. The Morgan fingerprint density at radius 2 is 1.93 bits per heavy atom. The van der Waals surface area contributed by atoms with Crippen LogP contribution in [0.5, 0.6) is 11.5 Å². The molecule has 27 heavy (non-hydrogen) atoms. The van der Waals surface area contributed by atoms with Gasteiger partial charge in [0.25, 0.3) is 0 Å². The first-order valence-electron chi connectivity index (χ1n) is 8.53. The van der Waals surface area contributed by atoms with E-state index in [1.165, 1.54) is 0 Å². The van der Waals surface area contributed by atoms with Gasteiger partial charge in [-0.25, -0.2) is 9.98 Å². The molecule has 0 radical (unpaired) electrons. The first kappa shape index (κ1) is 23.1. The number of rotatable bonds is 7. The van der Waals surface area contributed by atoms with Gasteiger partial charge in [-0.1, -0.05) is 26.8 Å². The van der Waals surface area contributed by atoms with Crippen LogP contribution in [0.25, 0.3) is 0 Å². The number of halogens is 1. The maximum Gasteiger partial charge on any atom is 0.216 e. The second-order valence-electron chi connectivity index (χ2n) is 6.94. The predicted octanol–water partition coefficient (Wildman–Crippen LogP) is 3.25. The molecule has 0 fully saturated rings. The fourth-order valence-electron chi connectivity index (χ4n) is 2.31. The number of nitrogens with zero attached hydrogens (tertiary/aromatic N) is 2. The summed E-state index contributed by atoms with van der Waals surface area (Å²) in [5, 5.41) is 3.09. The van der Waals surface area contributed by atoms with E-state index in [0.717, 1.165) is 17.7 Å². The van der Waals surface area contributed by atoms with E-state index < -0.39 is 0 Å². The molecule has 0 bridgehead atoms. The van der Waals surface area contributed by atoms with Gasteiger partial charge < -0.3 is 24.9 Å². The molecule has 1 aromatic heterocycles. The number of aliphatic imine (C=N–C) groups is 1. The van der Waals surface area contributed by atoms with E-state index in [0.29, 0.717) is 36.4 Å². The molecule has 0 spiro atoms. The van der Waals surface area contributed by atoms with E-state index >= 15 is 0 Å². The number of oxazole rings is 1. The first-order chi connectivity index (χ1) is 12.3. The molecule has 1 aromatic carbocycles. The fourth-order valence-corrected chi connectivity index (χ4v) is 2.31. The number of nitrogens with one attached hydrogen (secondary N) is 1. The van der Waals surface area contributed by atoms with Crippen molar-refractivity contribution in [3.63, 3.8) is 0 Å². The maximum absolute atomic E-state index is 5.90. The Balaban J connectivity index is 0.00000364. The van der Waals surface area contributed by atoms with Gasteiger partial charge in [0.05, 0.1) is 20.4 Å². The van der Waals surface area contributed by atoms with E-state index in [9.17, 15) is 0 Å². The lowest BCUT2D eigenvalue weighted by atomic mass is 9.94. The molecule has 2 aromatic rings. The number of methoxy groups -OCH3 is 2. The topological polar surface area (TPSA) is 94.9 Å². The molecule has 0 saturated carbocycles. The minimum Gasteiger partial charge on any atom is -0.493 e. The molecule has 0 amide bonds. The predicted molar refractivity (Wildman–Crippen MR) is 117 cm³/mol. The van der Waals surface area contributed by atoms with Crippen LogP contribution in [0.15, 0.2) is 33.8 Å². The third-order valence-electron chi connectivity index (χ3n) is 3.85. The summed E-state index contributed by atoms with van der Waals surface area (Å²) in [6, 6.07) is 5.84. The maximum atomic E-state index is 5.90. The van der Waals surface area contributed by atoms with Crippen molar-refractivity contribution in [3.05, 3.63) is 41.6 Å². The van der Waals surface area contributed by atoms with E-state index in [1.54, 1.807) is 20.4 Å². The summed E-state index contributed by atoms with van der Waals surface area (Å²) in [5.74, 6) is 3.18. The van der Waals surface area contributed by atoms with Gasteiger partial charge in [0, 0.05) is 12.0 Å². The zero-order chi connectivity index (χ0) is 19.2. The van der Waals surface area contributed by atoms with Crippen molar-refractivity contribution in [3.8, 4) is 11.5 Å². The fraction of sp³-hybridized carbons (Fsp3) is 0.474. The number of ether oxygens (including phenoxy) is 2. The van der Waals surface area contributed by atoms with Gasteiger partial charge in [-0.2, -0.15) is 0 Å². The highest BCUT2D eigenvalue weighted by Gasteiger charge is 2.18. The van der Waals surface area contributed by atoms with E-state index in [2.05, 4.69) is 36.1 Å². The van der Waals surface area contributed by atoms with Crippen LogP contribution in [0.2, 0.25) is 0 Å². The molecule has 3 N–H and O–H groups in total. The lowest BCUT2D eigenvalue weighted by Gasteiger charge is -2.12. The Hall–Kier alpha value is -1.97. The molecular weight excluding hydrogens is 459 g/mol. The smallest absolute Gasteiger partial charge is 0.216 e. The number of nitrogens with two attached hydrogens (primary N) is 1. The van der Waals surface area contributed by atoms with Crippen molar-refractivity contribution >= 4 is 29.9 Å². The summed E-state index contributed by atoms with van der Waals surface area (Å²) in [6.07, 6.45) is 2.52. The van der Waals surface area contributed by atoms with Crippen molar-refractivity contribution in [2.24, 2.45) is 10.7 Å². The average molecular weight is 488 g/mol. The molecular formula is C19H29IN4O3. The van der Waals surface area contributed by atoms with Gasteiger partial charge in [0.1, 0.15) is 12.3 Å². The molecule has 0 saturated heterocycles. The molecule has 7 nitrogen and oxygen atoms in total. The number of hydrogen-bond acceptors (Lipinski definition) is 5. The van der Waals surface area contributed by atoms with Crippen LogP contribution in [0.3, 0.4) is 0 Å². The van der Waals surface area contributed by atoms with Crippen molar-refractivity contribution < 1.29 is 13.9 Å². The van der Waals surface area contributed by atoms with Crippen LogP contribution in [0.4, 0.5) is 0 Å². The molecule has 0 aliphatic carbocycles. The van der Waals surface area contributed by atoms with Crippen LogP contribution in [-0.4, -0.2) is 31.7 Å². The number of hydrogen-bond donors (Lipinski definition) is 2.